The number of aryl methyl sites for hydroxylation is 3. The van der Waals surface area contributed by atoms with Crippen LogP contribution in [0.4, 0.5) is 0 Å². The van der Waals surface area contributed by atoms with E-state index in [1.165, 1.54) is 75.0 Å². The van der Waals surface area contributed by atoms with Gasteiger partial charge in [-0.15, -0.1) is 0 Å². The summed E-state index contributed by atoms with van der Waals surface area (Å²) in [5.41, 5.74) is 8.07. The largest absolute Gasteiger partial charge is 0.295 e. The van der Waals surface area contributed by atoms with Crippen molar-refractivity contribution in [1.29, 1.82) is 0 Å². The Kier molecular flexibility index (Phi) is 19.4. The second kappa shape index (κ2) is 22.3. The van der Waals surface area contributed by atoms with E-state index >= 15 is 0 Å². The van der Waals surface area contributed by atoms with E-state index in [4.69, 9.17) is 0 Å². The van der Waals surface area contributed by atoms with Gasteiger partial charge in [0.2, 0.25) is 0 Å². The first-order chi connectivity index (χ1) is 22.5. The molecule has 0 N–H and O–H groups in total. The summed E-state index contributed by atoms with van der Waals surface area (Å²) in [6.45, 7) is 8.91. The zero-order chi connectivity index (χ0) is 32.1. The Morgan fingerprint density at radius 2 is 1.10 bits per heavy atom. The first-order valence-electron chi connectivity index (χ1n) is 16.9. The molecule has 0 saturated carbocycles. The molecular formula is C47H51Y2-. The second-order valence-electron chi connectivity index (χ2n) is 12.8. The van der Waals surface area contributed by atoms with Crippen molar-refractivity contribution in [2.75, 3.05) is 0 Å². The Hall–Kier alpha value is -2.52. The van der Waals surface area contributed by atoms with E-state index in [0.717, 1.165) is 12.0 Å². The van der Waals surface area contributed by atoms with Crippen molar-refractivity contribution in [3.8, 4) is 11.8 Å². The molecule has 0 aliphatic carbocycles. The van der Waals surface area contributed by atoms with Crippen LogP contribution in [0.25, 0.3) is 21.5 Å². The normalized spacial score (nSPS) is 11.3. The molecular weight excluding hydrogens is 742 g/mol. The van der Waals surface area contributed by atoms with Crippen molar-refractivity contribution in [1.82, 2.24) is 0 Å². The van der Waals surface area contributed by atoms with Gasteiger partial charge < -0.3 is 0 Å². The second-order valence-corrected chi connectivity index (χ2v) is 12.8. The summed E-state index contributed by atoms with van der Waals surface area (Å²) in [6.07, 6.45) is 8.09. The third kappa shape index (κ3) is 12.9. The summed E-state index contributed by atoms with van der Waals surface area (Å²) in [4.78, 5) is 0. The molecule has 0 amide bonds. The van der Waals surface area contributed by atoms with Crippen LogP contribution in [-0.4, -0.2) is 0 Å². The predicted molar refractivity (Wildman–Crippen MR) is 207 cm³/mol. The molecule has 0 aliphatic rings. The Morgan fingerprint density at radius 1 is 0.571 bits per heavy atom. The van der Waals surface area contributed by atoms with Crippen molar-refractivity contribution in [3.05, 3.63) is 173 Å². The molecule has 49 heavy (non-hydrogen) atoms. The van der Waals surface area contributed by atoms with E-state index in [9.17, 15) is 0 Å². The van der Waals surface area contributed by atoms with Crippen LogP contribution in [0.5, 0.6) is 0 Å². The average Bonchev–Trinajstić information content (AvgIpc) is 3.08. The number of hydrogen-bond donors (Lipinski definition) is 0. The number of rotatable bonds is 9. The monoisotopic (exact) mass is 793 g/mol. The van der Waals surface area contributed by atoms with Gasteiger partial charge in [0.05, 0.1) is 0 Å². The topological polar surface area (TPSA) is 0 Å². The SMILES string of the molecule is C.Cc1cccc(C#C[CH-]CC(C)c2cccc3ccccc23)c1.Cc1cccc(CCCCC(C)c2cccc3ccccc23)c1.[Y].[Y]. The maximum absolute atomic E-state index is 3.22. The smallest absolute Gasteiger partial charge is 0 e. The van der Waals surface area contributed by atoms with Gasteiger partial charge in [-0.25, -0.2) is 0 Å². The van der Waals surface area contributed by atoms with Gasteiger partial charge in [-0.2, -0.15) is 6.42 Å². The van der Waals surface area contributed by atoms with E-state index in [2.05, 4.69) is 179 Å². The summed E-state index contributed by atoms with van der Waals surface area (Å²) in [5.74, 6) is 7.52. The van der Waals surface area contributed by atoms with Crippen LogP contribution in [0, 0.1) is 32.1 Å². The van der Waals surface area contributed by atoms with Crippen LogP contribution in [0.15, 0.2) is 133 Å². The molecule has 0 nitrogen and oxygen atoms in total. The fourth-order valence-corrected chi connectivity index (χ4v) is 6.38. The average molecular weight is 794 g/mol. The van der Waals surface area contributed by atoms with E-state index < -0.39 is 0 Å². The molecule has 6 aromatic carbocycles. The molecule has 2 radical (unpaired) electrons. The molecule has 0 fully saturated rings. The summed E-state index contributed by atoms with van der Waals surface area (Å²) in [5, 5.41) is 5.43. The maximum atomic E-state index is 3.22. The maximum Gasteiger partial charge on any atom is 0 e. The fourth-order valence-electron chi connectivity index (χ4n) is 6.38. The van der Waals surface area contributed by atoms with E-state index in [0.29, 0.717) is 11.8 Å². The molecule has 2 atom stereocenters. The Balaban J connectivity index is 0.000000321. The van der Waals surface area contributed by atoms with Gasteiger partial charge in [0.1, 0.15) is 0 Å². The zero-order valence-corrected chi connectivity index (χ0v) is 34.8. The summed E-state index contributed by atoms with van der Waals surface area (Å²) >= 11 is 0. The molecule has 0 aromatic heterocycles. The number of benzene rings is 6. The summed E-state index contributed by atoms with van der Waals surface area (Å²) < 4.78 is 0. The van der Waals surface area contributed by atoms with Gasteiger partial charge in [-0.3, -0.25) is 11.8 Å². The Morgan fingerprint density at radius 3 is 1.71 bits per heavy atom. The minimum atomic E-state index is 0. The molecule has 0 bridgehead atoms. The van der Waals surface area contributed by atoms with Crippen molar-refractivity contribution >= 4 is 21.5 Å². The molecule has 0 heterocycles. The molecule has 6 aromatic rings. The van der Waals surface area contributed by atoms with Gasteiger partial charge in [0, 0.05) is 65.4 Å². The van der Waals surface area contributed by atoms with Crippen LogP contribution in [0.3, 0.4) is 0 Å². The van der Waals surface area contributed by atoms with Gasteiger partial charge in [-0.1, -0.05) is 184 Å². The summed E-state index contributed by atoms with van der Waals surface area (Å²) in [6, 6.07) is 47.8. The minimum absolute atomic E-state index is 0. The third-order valence-corrected chi connectivity index (χ3v) is 8.95. The van der Waals surface area contributed by atoms with E-state index in [-0.39, 0.29) is 72.8 Å². The van der Waals surface area contributed by atoms with Crippen LogP contribution in [-0.2, 0) is 71.8 Å². The molecule has 6 rings (SSSR count). The van der Waals surface area contributed by atoms with E-state index in [1.54, 1.807) is 0 Å². The van der Waals surface area contributed by atoms with Crippen molar-refractivity contribution in [2.45, 2.75) is 79.1 Å². The molecule has 0 saturated heterocycles. The number of unbranched alkanes of at least 4 members (excludes halogenated alkanes) is 1. The van der Waals surface area contributed by atoms with Gasteiger partial charge in [0.25, 0.3) is 0 Å². The molecule has 0 aliphatic heterocycles. The van der Waals surface area contributed by atoms with Gasteiger partial charge in [0.15, 0.2) is 0 Å². The fraction of sp³-hybridized carbons (Fsp3) is 0.255. The van der Waals surface area contributed by atoms with Gasteiger partial charge >= 0.3 is 0 Å². The first kappa shape index (κ1) is 42.6. The molecule has 0 spiro atoms. The van der Waals surface area contributed by atoms with Crippen molar-refractivity contribution < 1.29 is 65.4 Å². The zero-order valence-electron chi connectivity index (χ0n) is 29.1. The standard InChI is InChI=1S/C23H26.C23H21.CH4.2Y/c2*1-18-9-7-12-20(17-18)11-4-3-10-19(2)22-16-8-14-21-13-5-6-15-23(21)22;;;/h5-9,12-17,19H,3-4,10-11H2,1-2H3;3,5-9,12-17,19H,10H2,1-2H3;1H4;;/q;-1;;;. The van der Waals surface area contributed by atoms with Crippen LogP contribution < -0.4 is 0 Å². The molecule has 2 unspecified atom stereocenters. The van der Waals surface area contributed by atoms with Crippen LogP contribution in [0.2, 0.25) is 0 Å². The van der Waals surface area contributed by atoms with Crippen LogP contribution >= 0.6 is 0 Å². The minimum Gasteiger partial charge on any atom is -0.295 e. The first-order valence-corrected chi connectivity index (χ1v) is 16.9. The predicted octanol–water partition coefficient (Wildman–Crippen LogP) is 13.2. The molecule has 2 heteroatoms. The summed E-state index contributed by atoms with van der Waals surface area (Å²) in [7, 11) is 0. The number of hydrogen-bond acceptors (Lipinski definition) is 0. The Labute approximate surface area is 347 Å². The molecule has 246 valence electrons. The number of fused-ring (bicyclic) bond motifs is 2. The van der Waals surface area contributed by atoms with E-state index in [1.807, 2.05) is 0 Å². The van der Waals surface area contributed by atoms with Crippen molar-refractivity contribution in [2.24, 2.45) is 0 Å². The van der Waals surface area contributed by atoms with Crippen molar-refractivity contribution in [3.63, 3.8) is 0 Å². The quantitative estimate of drug-likeness (QED) is 0.0777. The Bertz CT molecular complexity index is 1920. The van der Waals surface area contributed by atoms with Crippen LogP contribution in [0.1, 0.15) is 92.2 Å². The third-order valence-electron chi connectivity index (χ3n) is 8.95. The van der Waals surface area contributed by atoms with Gasteiger partial charge in [-0.05, 0) is 83.2 Å².